The third-order valence-electron chi connectivity index (χ3n) is 5.03. The van der Waals surface area contributed by atoms with Gasteiger partial charge in [0, 0.05) is 11.8 Å². The SMILES string of the molecule is CCCCCCCCCCCCCCCCCC(Cl)CCCC(=O)O. The van der Waals surface area contributed by atoms with Crippen LogP contribution in [0.25, 0.3) is 0 Å². The minimum Gasteiger partial charge on any atom is -0.481 e. The number of alkyl halides is 1. The number of hydrogen-bond acceptors (Lipinski definition) is 1. The van der Waals surface area contributed by atoms with Crippen molar-refractivity contribution in [1.82, 2.24) is 0 Å². The van der Waals surface area contributed by atoms with Gasteiger partial charge in [0.25, 0.3) is 0 Å². The molecule has 25 heavy (non-hydrogen) atoms. The molecule has 0 amide bonds. The first-order chi connectivity index (χ1) is 12.2. The Bertz CT molecular complexity index is 281. The maximum atomic E-state index is 10.4. The molecule has 3 heteroatoms. The molecule has 0 aromatic rings. The van der Waals surface area contributed by atoms with Gasteiger partial charge in [0.05, 0.1) is 0 Å². The first-order valence-electron chi connectivity index (χ1n) is 11.0. The Kier molecular flexibility index (Phi) is 19.9. The number of carboxylic acid groups (broad SMARTS) is 1. The lowest BCUT2D eigenvalue weighted by Gasteiger charge is -2.08. The summed E-state index contributed by atoms with van der Waals surface area (Å²) in [5, 5.41) is 8.77. The fourth-order valence-corrected chi connectivity index (χ4v) is 3.66. The van der Waals surface area contributed by atoms with E-state index in [0.717, 1.165) is 12.8 Å². The lowest BCUT2D eigenvalue weighted by atomic mass is 10.0. The van der Waals surface area contributed by atoms with Gasteiger partial charge in [-0.2, -0.15) is 0 Å². The van der Waals surface area contributed by atoms with E-state index in [-0.39, 0.29) is 11.8 Å². The first-order valence-corrected chi connectivity index (χ1v) is 11.5. The van der Waals surface area contributed by atoms with Crippen LogP contribution in [0.5, 0.6) is 0 Å². The molecule has 2 nitrogen and oxygen atoms in total. The smallest absolute Gasteiger partial charge is 0.303 e. The predicted octanol–water partition coefficient (Wildman–Crippen LogP) is 8.11. The van der Waals surface area contributed by atoms with Crippen molar-refractivity contribution in [2.45, 2.75) is 134 Å². The summed E-state index contributed by atoms with van der Waals surface area (Å²) in [4.78, 5) is 10.4. The van der Waals surface area contributed by atoms with Crippen LogP contribution < -0.4 is 0 Å². The van der Waals surface area contributed by atoms with E-state index in [1.165, 1.54) is 96.3 Å². The molecular formula is C22H43ClO2. The number of aliphatic carboxylic acids is 1. The third kappa shape index (κ3) is 21.7. The average molecular weight is 375 g/mol. The summed E-state index contributed by atoms with van der Waals surface area (Å²) in [5.74, 6) is -0.712. The standard InChI is InChI=1S/C22H43ClO2/c1-2-3-4-5-6-7-8-9-10-11-12-13-14-15-16-18-21(23)19-17-20-22(24)25/h21H,2-20H2,1H3,(H,24,25). The maximum absolute atomic E-state index is 10.4. The molecule has 0 fully saturated rings. The molecule has 0 aliphatic heterocycles. The van der Waals surface area contributed by atoms with E-state index >= 15 is 0 Å². The van der Waals surface area contributed by atoms with Gasteiger partial charge in [0.15, 0.2) is 0 Å². The van der Waals surface area contributed by atoms with Gasteiger partial charge in [-0.3, -0.25) is 4.79 Å². The number of rotatable bonds is 20. The van der Waals surface area contributed by atoms with E-state index in [1.54, 1.807) is 0 Å². The third-order valence-corrected chi connectivity index (χ3v) is 5.47. The summed E-state index contributed by atoms with van der Waals surface area (Å²) in [6.45, 7) is 2.28. The molecule has 1 N–H and O–H groups in total. The lowest BCUT2D eigenvalue weighted by molar-refractivity contribution is -0.137. The second kappa shape index (κ2) is 20.1. The minimum absolute atomic E-state index is 0.168. The van der Waals surface area contributed by atoms with E-state index in [0.29, 0.717) is 6.42 Å². The second-order valence-electron chi connectivity index (χ2n) is 7.62. The topological polar surface area (TPSA) is 37.3 Å². The zero-order valence-electron chi connectivity index (χ0n) is 16.7. The highest BCUT2D eigenvalue weighted by molar-refractivity contribution is 6.20. The highest BCUT2D eigenvalue weighted by atomic mass is 35.5. The van der Waals surface area contributed by atoms with Gasteiger partial charge < -0.3 is 5.11 Å². The molecule has 0 aliphatic carbocycles. The monoisotopic (exact) mass is 374 g/mol. The Balaban J connectivity index is 3.10. The fraction of sp³-hybridized carbons (Fsp3) is 0.955. The van der Waals surface area contributed by atoms with Crippen LogP contribution in [0, 0.1) is 0 Å². The van der Waals surface area contributed by atoms with Crippen molar-refractivity contribution < 1.29 is 9.90 Å². The number of carbonyl (C=O) groups is 1. The number of halogens is 1. The van der Waals surface area contributed by atoms with Gasteiger partial charge >= 0.3 is 5.97 Å². The Hall–Kier alpha value is -0.240. The van der Waals surface area contributed by atoms with Gasteiger partial charge in [0.1, 0.15) is 0 Å². The Labute approximate surface area is 162 Å². The maximum Gasteiger partial charge on any atom is 0.303 e. The molecule has 0 saturated heterocycles. The molecule has 0 aliphatic rings. The van der Waals surface area contributed by atoms with Gasteiger partial charge in [-0.25, -0.2) is 0 Å². The molecule has 0 heterocycles. The van der Waals surface area contributed by atoms with Gasteiger partial charge in [0.2, 0.25) is 0 Å². The van der Waals surface area contributed by atoms with Crippen LogP contribution in [0.1, 0.15) is 129 Å². The van der Waals surface area contributed by atoms with Crippen molar-refractivity contribution in [3.05, 3.63) is 0 Å². The normalized spacial score (nSPS) is 12.4. The van der Waals surface area contributed by atoms with Gasteiger partial charge in [-0.1, -0.05) is 103 Å². The van der Waals surface area contributed by atoms with Crippen molar-refractivity contribution in [1.29, 1.82) is 0 Å². The molecule has 0 saturated carbocycles. The van der Waals surface area contributed by atoms with Crippen molar-refractivity contribution in [2.75, 3.05) is 0 Å². The summed E-state index contributed by atoms with van der Waals surface area (Å²) < 4.78 is 0. The number of unbranched alkanes of at least 4 members (excludes halogenated alkanes) is 14. The molecule has 0 aromatic heterocycles. The summed E-state index contributed by atoms with van der Waals surface area (Å²) >= 11 is 6.23. The Morgan fingerprint density at radius 2 is 1.04 bits per heavy atom. The van der Waals surface area contributed by atoms with Gasteiger partial charge in [-0.05, 0) is 19.3 Å². The summed E-state index contributed by atoms with van der Waals surface area (Å²) in [6.07, 6.45) is 23.6. The fourth-order valence-electron chi connectivity index (χ4n) is 3.36. The summed E-state index contributed by atoms with van der Waals surface area (Å²) in [6, 6.07) is 0. The van der Waals surface area contributed by atoms with E-state index in [2.05, 4.69) is 6.92 Å². The van der Waals surface area contributed by atoms with Crippen LogP contribution in [-0.4, -0.2) is 16.5 Å². The zero-order valence-corrected chi connectivity index (χ0v) is 17.5. The molecular weight excluding hydrogens is 332 g/mol. The molecule has 0 rings (SSSR count). The van der Waals surface area contributed by atoms with Crippen LogP contribution >= 0.6 is 11.6 Å². The molecule has 0 aromatic carbocycles. The molecule has 150 valence electrons. The van der Waals surface area contributed by atoms with Crippen molar-refractivity contribution in [3.63, 3.8) is 0 Å². The Morgan fingerprint density at radius 3 is 1.44 bits per heavy atom. The van der Waals surface area contributed by atoms with Crippen molar-refractivity contribution in [3.8, 4) is 0 Å². The van der Waals surface area contributed by atoms with E-state index < -0.39 is 5.97 Å². The molecule has 0 spiro atoms. The van der Waals surface area contributed by atoms with Crippen LogP contribution in [0.2, 0.25) is 0 Å². The molecule has 1 atom stereocenters. The molecule has 0 bridgehead atoms. The van der Waals surface area contributed by atoms with Crippen molar-refractivity contribution >= 4 is 17.6 Å². The van der Waals surface area contributed by atoms with Crippen LogP contribution in [0.4, 0.5) is 0 Å². The molecule has 1 unspecified atom stereocenters. The van der Waals surface area contributed by atoms with Crippen LogP contribution in [0.3, 0.4) is 0 Å². The van der Waals surface area contributed by atoms with E-state index in [9.17, 15) is 4.79 Å². The summed E-state index contributed by atoms with van der Waals surface area (Å²) in [5.41, 5.74) is 0. The lowest BCUT2D eigenvalue weighted by Crippen LogP contribution is -2.01. The number of carboxylic acids is 1. The Morgan fingerprint density at radius 1 is 0.680 bits per heavy atom. The van der Waals surface area contributed by atoms with Crippen LogP contribution in [0.15, 0.2) is 0 Å². The predicted molar refractivity (Wildman–Crippen MR) is 111 cm³/mol. The zero-order chi connectivity index (χ0) is 18.6. The van der Waals surface area contributed by atoms with E-state index in [4.69, 9.17) is 16.7 Å². The van der Waals surface area contributed by atoms with E-state index in [1.807, 2.05) is 0 Å². The van der Waals surface area contributed by atoms with Crippen LogP contribution in [-0.2, 0) is 4.79 Å². The largest absolute Gasteiger partial charge is 0.481 e. The highest BCUT2D eigenvalue weighted by Gasteiger charge is 2.05. The summed E-state index contributed by atoms with van der Waals surface area (Å²) in [7, 11) is 0. The highest BCUT2D eigenvalue weighted by Crippen LogP contribution is 2.17. The average Bonchev–Trinajstić information content (AvgIpc) is 2.58. The number of hydrogen-bond donors (Lipinski definition) is 1. The van der Waals surface area contributed by atoms with Crippen molar-refractivity contribution in [2.24, 2.45) is 0 Å². The molecule has 0 radical (unpaired) electrons. The minimum atomic E-state index is -0.712. The first kappa shape index (κ1) is 24.8. The quantitative estimate of drug-likeness (QED) is 0.172. The van der Waals surface area contributed by atoms with Gasteiger partial charge in [-0.15, -0.1) is 11.6 Å². The second-order valence-corrected chi connectivity index (χ2v) is 8.24.